The molecular formula is C23H18F3N5O2. The molecule has 0 aliphatic carbocycles. The van der Waals surface area contributed by atoms with Crippen molar-refractivity contribution in [3.8, 4) is 11.6 Å². The quantitative estimate of drug-likeness (QED) is 0.469. The number of hydrogen-bond donors (Lipinski definition) is 0. The molecule has 1 saturated heterocycles. The molecule has 2 aromatic carbocycles. The summed E-state index contributed by atoms with van der Waals surface area (Å²) in [4.78, 5) is 19.7. The summed E-state index contributed by atoms with van der Waals surface area (Å²) >= 11 is 0. The number of alkyl halides is 2. The molecule has 2 aromatic heterocycles. The van der Waals surface area contributed by atoms with Crippen LogP contribution in [0.1, 0.15) is 16.8 Å². The van der Waals surface area contributed by atoms with Crippen LogP contribution in [0.3, 0.4) is 0 Å². The van der Waals surface area contributed by atoms with Crippen LogP contribution in [0, 0.1) is 5.82 Å². The Balaban J connectivity index is 1.38. The van der Waals surface area contributed by atoms with Crippen LogP contribution < -0.4 is 4.74 Å². The Hall–Kier alpha value is -3.95. The molecule has 1 fully saturated rings. The fourth-order valence-electron chi connectivity index (χ4n) is 3.78. The summed E-state index contributed by atoms with van der Waals surface area (Å²) < 4.78 is 49.0. The third-order valence-electron chi connectivity index (χ3n) is 5.47. The standard InChI is InChI=1S/C23H18F3N5O2/c24-17-11-16(12-18(13-17)31-27-8-9-28-31)22(32)30-10-7-23(25,26)20(14-30)33-21-6-5-15-3-1-2-4-19(15)29-21/h1-6,8-9,11-13,20H,7,10,14H2/t20-/m0/s1. The number of piperidine rings is 1. The highest BCUT2D eigenvalue weighted by Gasteiger charge is 2.47. The molecule has 1 aliphatic heterocycles. The highest BCUT2D eigenvalue weighted by atomic mass is 19.3. The van der Waals surface area contributed by atoms with Gasteiger partial charge in [0.2, 0.25) is 5.88 Å². The number of benzene rings is 2. The van der Waals surface area contributed by atoms with Gasteiger partial charge < -0.3 is 9.64 Å². The van der Waals surface area contributed by atoms with E-state index in [1.807, 2.05) is 12.1 Å². The lowest BCUT2D eigenvalue weighted by Crippen LogP contribution is -2.55. The number of aromatic nitrogens is 4. The van der Waals surface area contributed by atoms with Gasteiger partial charge in [0.25, 0.3) is 11.8 Å². The second kappa shape index (κ2) is 8.19. The molecule has 1 atom stereocenters. The summed E-state index contributed by atoms with van der Waals surface area (Å²) in [6.07, 6.45) is 0.661. The highest BCUT2D eigenvalue weighted by molar-refractivity contribution is 5.95. The van der Waals surface area contributed by atoms with E-state index in [0.717, 1.165) is 11.5 Å². The van der Waals surface area contributed by atoms with Gasteiger partial charge >= 0.3 is 0 Å². The van der Waals surface area contributed by atoms with Crippen LogP contribution in [0.2, 0.25) is 0 Å². The molecule has 3 heterocycles. The zero-order valence-electron chi connectivity index (χ0n) is 17.2. The largest absolute Gasteiger partial charge is 0.466 e. The monoisotopic (exact) mass is 453 g/mol. The summed E-state index contributed by atoms with van der Waals surface area (Å²) in [5.74, 6) is -4.36. The first-order valence-electron chi connectivity index (χ1n) is 10.3. The number of para-hydroxylation sites is 1. The average Bonchev–Trinajstić information content (AvgIpc) is 3.35. The Bertz CT molecular complexity index is 1310. The van der Waals surface area contributed by atoms with Crippen molar-refractivity contribution in [3.63, 3.8) is 0 Å². The minimum absolute atomic E-state index is 0.00935. The van der Waals surface area contributed by atoms with Gasteiger partial charge in [-0.3, -0.25) is 4.79 Å². The third-order valence-corrected chi connectivity index (χ3v) is 5.47. The Labute approximate surface area is 186 Å². The fraction of sp³-hybridized carbons (Fsp3) is 0.217. The molecule has 1 amide bonds. The Morgan fingerprint density at radius 2 is 1.85 bits per heavy atom. The van der Waals surface area contributed by atoms with Gasteiger partial charge in [-0.2, -0.15) is 15.0 Å². The van der Waals surface area contributed by atoms with Crippen LogP contribution >= 0.6 is 0 Å². The van der Waals surface area contributed by atoms with Crippen molar-refractivity contribution in [2.45, 2.75) is 18.4 Å². The number of hydrogen-bond acceptors (Lipinski definition) is 5. The molecule has 0 radical (unpaired) electrons. The lowest BCUT2D eigenvalue weighted by Gasteiger charge is -2.38. The number of nitrogens with zero attached hydrogens (tertiary/aromatic N) is 5. The smallest absolute Gasteiger partial charge is 0.287 e. The summed E-state index contributed by atoms with van der Waals surface area (Å²) in [5.41, 5.74) is 0.871. The number of rotatable bonds is 4. The van der Waals surface area contributed by atoms with Gasteiger partial charge in [0.15, 0.2) is 6.10 Å². The number of likely N-dealkylation sites (tertiary alicyclic amines) is 1. The molecule has 0 bridgehead atoms. The van der Waals surface area contributed by atoms with Crippen molar-refractivity contribution in [2.24, 2.45) is 0 Å². The van der Waals surface area contributed by atoms with Gasteiger partial charge in [-0.25, -0.2) is 18.2 Å². The zero-order chi connectivity index (χ0) is 23.0. The average molecular weight is 453 g/mol. The van der Waals surface area contributed by atoms with E-state index in [1.54, 1.807) is 18.2 Å². The van der Waals surface area contributed by atoms with E-state index in [1.165, 1.54) is 40.3 Å². The second-order valence-corrected chi connectivity index (χ2v) is 7.73. The molecule has 0 saturated carbocycles. The number of halogens is 3. The van der Waals surface area contributed by atoms with E-state index >= 15 is 0 Å². The molecule has 4 aromatic rings. The minimum atomic E-state index is -3.16. The maximum Gasteiger partial charge on any atom is 0.287 e. The van der Waals surface area contributed by atoms with E-state index < -0.39 is 30.2 Å². The van der Waals surface area contributed by atoms with Crippen molar-refractivity contribution >= 4 is 16.8 Å². The van der Waals surface area contributed by atoms with Gasteiger partial charge in [0, 0.05) is 36.0 Å². The van der Waals surface area contributed by atoms with Crippen LogP contribution in [0.4, 0.5) is 13.2 Å². The molecule has 0 spiro atoms. The molecule has 10 heteroatoms. The van der Waals surface area contributed by atoms with Crippen LogP contribution in [0.5, 0.6) is 5.88 Å². The number of pyridine rings is 1. The number of amides is 1. The molecule has 7 nitrogen and oxygen atoms in total. The van der Waals surface area contributed by atoms with E-state index in [2.05, 4.69) is 15.2 Å². The van der Waals surface area contributed by atoms with Crippen molar-refractivity contribution in [3.05, 3.63) is 78.4 Å². The molecular weight excluding hydrogens is 435 g/mol. The van der Waals surface area contributed by atoms with Crippen LogP contribution in [0.15, 0.2) is 67.0 Å². The Morgan fingerprint density at radius 1 is 1.06 bits per heavy atom. The fourth-order valence-corrected chi connectivity index (χ4v) is 3.78. The van der Waals surface area contributed by atoms with Crippen molar-refractivity contribution < 1.29 is 22.7 Å². The Kier molecular flexibility index (Phi) is 5.20. The number of carbonyl (C=O) groups excluding carboxylic acids is 1. The first kappa shape index (κ1) is 20.9. The van der Waals surface area contributed by atoms with Gasteiger partial charge in [0.05, 0.1) is 30.1 Å². The van der Waals surface area contributed by atoms with Crippen molar-refractivity contribution in [2.75, 3.05) is 13.1 Å². The van der Waals surface area contributed by atoms with E-state index in [-0.39, 0.29) is 30.2 Å². The Morgan fingerprint density at radius 3 is 2.67 bits per heavy atom. The first-order valence-corrected chi connectivity index (χ1v) is 10.3. The van der Waals surface area contributed by atoms with Crippen molar-refractivity contribution in [1.82, 2.24) is 24.9 Å². The van der Waals surface area contributed by atoms with Crippen LogP contribution in [0.25, 0.3) is 16.6 Å². The van der Waals surface area contributed by atoms with Crippen LogP contribution in [-0.4, -0.2) is 55.9 Å². The maximum absolute atomic E-state index is 14.7. The van der Waals surface area contributed by atoms with Crippen molar-refractivity contribution in [1.29, 1.82) is 0 Å². The summed E-state index contributed by atoms with van der Waals surface area (Å²) in [6.45, 7) is -0.561. The van der Waals surface area contributed by atoms with Gasteiger partial charge in [-0.15, -0.1) is 0 Å². The highest BCUT2D eigenvalue weighted by Crippen LogP contribution is 2.32. The van der Waals surface area contributed by atoms with Gasteiger partial charge in [-0.05, 0) is 24.3 Å². The summed E-state index contributed by atoms with van der Waals surface area (Å²) in [7, 11) is 0. The van der Waals surface area contributed by atoms with Crippen LogP contribution in [-0.2, 0) is 0 Å². The minimum Gasteiger partial charge on any atom is -0.466 e. The number of carbonyl (C=O) groups is 1. The SMILES string of the molecule is O=C(c1cc(F)cc(-n2nccn2)c1)N1CCC(F)(F)[C@@H](Oc2ccc3ccccc3n2)C1. The summed E-state index contributed by atoms with van der Waals surface area (Å²) in [5, 5.41) is 8.71. The molecule has 0 N–H and O–H groups in total. The maximum atomic E-state index is 14.7. The molecule has 0 unspecified atom stereocenters. The molecule has 1 aliphatic rings. The molecule has 5 rings (SSSR count). The number of ether oxygens (including phenoxy) is 1. The van der Waals surface area contributed by atoms with E-state index in [9.17, 15) is 18.0 Å². The topological polar surface area (TPSA) is 73.1 Å². The normalized spacial score (nSPS) is 17.8. The predicted octanol–water partition coefficient (Wildman–Crippen LogP) is 3.88. The lowest BCUT2D eigenvalue weighted by atomic mass is 10.0. The van der Waals surface area contributed by atoms with E-state index in [4.69, 9.17) is 4.74 Å². The lowest BCUT2D eigenvalue weighted by molar-refractivity contribution is -0.131. The zero-order valence-corrected chi connectivity index (χ0v) is 17.2. The van der Waals surface area contributed by atoms with Gasteiger partial charge in [0.1, 0.15) is 5.82 Å². The molecule has 33 heavy (non-hydrogen) atoms. The third kappa shape index (κ3) is 4.23. The van der Waals surface area contributed by atoms with Gasteiger partial charge in [-0.1, -0.05) is 18.2 Å². The second-order valence-electron chi connectivity index (χ2n) is 7.73. The summed E-state index contributed by atoms with van der Waals surface area (Å²) in [6, 6.07) is 14.2. The predicted molar refractivity (Wildman–Crippen MR) is 113 cm³/mol. The molecule has 168 valence electrons. The first-order chi connectivity index (χ1) is 15.9. The number of fused-ring (bicyclic) bond motifs is 1. The van der Waals surface area contributed by atoms with E-state index in [0.29, 0.717) is 5.52 Å².